The molecule has 1 aromatic carbocycles. The monoisotopic (exact) mass is 424 g/mol. The molecule has 0 aliphatic carbocycles. The van der Waals surface area contributed by atoms with Crippen LogP contribution >= 0.6 is 23.2 Å². The van der Waals surface area contributed by atoms with Crippen molar-refractivity contribution in [2.45, 2.75) is 39.3 Å². The molecule has 1 aliphatic heterocycles. The number of nitrogens with two attached hydrogens (primary N) is 1. The molecule has 1 saturated heterocycles. The Bertz CT molecular complexity index is 917. The maximum Gasteiger partial charge on any atom is 0.340 e. The molecule has 0 radical (unpaired) electrons. The van der Waals surface area contributed by atoms with Crippen LogP contribution in [-0.2, 0) is 16.0 Å². The van der Waals surface area contributed by atoms with E-state index in [1.807, 2.05) is 19.9 Å². The molecule has 8 heteroatoms. The average Bonchev–Trinajstić information content (AvgIpc) is 3.26. The zero-order valence-corrected chi connectivity index (χ0v) is 17.3. The van der Waals surface area contributed by atoms with Crippen molar-refractivity contribution in [2.75, 3.05) is 18.9 Å². The second-order valence-corrected chi connectivity index (χ2v) is 7.72. The van der Waals surface area contributed by atoms with Crippen molar-refractivity contribution < 1.29 is 19.1 Å². The summed E-state index contributed by atoms with van der Waals surface area (Å²) in [6.07, 6.45) is 2.24. The highest BCUT2D eigenvalue weighted by Gasteiger charge is 2.22. The summed E-state index contributed by atoms with van der Waals surface area (Å²) in [4.78, 5) is 24.9. The number of esters is 1. The predicted molar refractivity (Wildman–Crippen MR) is 108 cm³/mol. The topological polar surface area (TPSA) is 83.5 Å². The number of hydrogen-bond acceptors (Lipinski definition) is 5. The first kappa shape index (κ1) is 20.7. The number of carbonyl (C=O) groups excluding carboxylic acids is 2. The summed E-state index contributed by atoms with van der Waals surface area (Å²) in [5, 5.41) is 0.415. The Hall–Kier alpha value is -2.02. The summed E-state index contributed by atoms with van der Waals surface area (Å²) in [5.41, 5.74) is 8.23. The zero-order valence-electron chi connectivity index (χ0n) is 15.8. The molecular weight excluding hydrogens is 403 g/mol. The minimum atomic E-state index is -0.747. The SMILES string of the molecule is Cc1cc(C(=O)COC(=O)c2cc(Cl)cc(Cl)c2N)c(C)n1C[C@H]1CCCO1. The summed E-state index contributed by atoms with van der Waals surface area (Å²) < 4.78 is 12.9. The second-order valence-electron chi connectivity index (χ2n) is 6.88. The highest BCUT2D eigenvalue weighted by atomic mass is 35.5. The Morgan fingerprint density at radius 3 is 2.68 bits per heavy atom. The van der Waals surface area contributed by atoms with Gasteiger partial charge in [-0.3, -0.25) is 4.79 Å². The van der Waals surface area contributed by atoms with E-state index >= 15 is 0 Å². The number of Topliss-reactive ketones (excluding diaryl/α,β-unsaturated/α-hetero) is 1. The molecule has 0 saturated carbocycles. The van der Waals surface area contributed by atoms with Gasteiger partial charge in [-0.05, 0) is 44.9 Å². The molecule has 0 amide bonds. The first-order valence-corrected chi connectivity index (χ1v) is 9.76. The van der Waals surface area contributed by atoms with Crippen LogP contribution in [0.15, 0.2) is 18.2 Å². The van der Waals surface area contributed by atoms with Gasteiger partial charge in [0.05, 0.1) is 22.4 Å². The molecule has 0 spiro atoms. The molecule has 28 heavy (non-hydrogen) atoms. The summed E-state index contributed by atoms with van der Waals surface area (Å²) in [6, 6.07) is 4.61. The van der Waals surface area contributed by atoms with E-state index in [0.717, 1.165) is 30.8 Å². The average molecular weight is 425 g/mol. The van der Waals surface area contributed by atoms with E-state index < -0.39 is 12.6 Å². The van der Waals surface area contributed by atoms with E-state index in [4.69, 9.17) is 38.4 Å². The van der Waals surface area contributed by atoms with Crippen molar-refractivity contribution in [1.82, 2.24) is 4.57 Å². The fourth-order valence-electron chi connectivity index (χ4n) is 3.40. The molecule has 0 unspecified atom stereocenters. The van der Waals surface area contributed by atoms with Gasteiger partial charge in [0.25, 0.3) is 0 Å². The van der Waals surface area contributed by atoms with Crippen LogP contribution in [0.2, 0.25) is 10.0 Å². The van der Waals surface area contributed by atoms with Gasteiger partial charge in [-0.25, -0.2) is 4.79 Å². The van der Waals surface area contributed by atoms with Gasteiger partial charge >= 0.3 is 5.97 Å². The summed E-state index contributed by atoms with van der Waals surface area (Å²) in [7, 11) is 0. The number of hydrogen-bond donors (Lipinski definition) is 1. The van der Waals surface area contributed by atoms with Crippen LogP contribution in [0.5, 0.6) is 0 Å². The number of benzene rings is 1. The van der Waals surface area contributed by atoms with E-state index in [1.165, 1.54) is 12.1 Å². The van der Waals surface area contributed by atoms with Gasteiger partial charge in [-0.15, -0.1) is 0 Å². The normalized spacial score (nSPS) is 16.4. The lowest BCUT2D eigenvalue weighted by atomic mass is 10.1. The number of carbonyl (C=O) groups is 2. The lowest BCUT2D eigenvalue weighted by molar-refractivity contribution is 0.0475. The number of ether oxygens (including phenoxy) is 2. The lowest BCUT2D eigenvalue weighted by Gasteiger charge is -2.14. The zero-order chi connectivity index (χ0) is 20.4. The molecule has 1 aliphatic rings. The number of rotatable bonds is 6. The first-order valence-electron chi connectivity index (χ1n) is 9.01. The van der Waals surface area contributed by atoms with Crippen molar-refractivity contribution in [2.24, 2.45) is 0 Å². The highest BCUT2D eigenvalue weighted by Crippen LogP contribution is 2.28. The van der Waals surface area contributed by atoms with E-state index in [1.54, 1.807) is 0 Å². The maximum atomic E-state index is 12.6. The van der Waals surface area contributed by atoms with Crippen LogP contribution in [0.4, 0.5) is 5.69 Å². The largest absolute Gasteiger partial charge is 0.454 e. The van der Waals surface area contributed by atoms with Gasteiger partial charge < -0.3 is 19.8 Å². The van der Waals surface area contributed by atoms with Gasteiger partial charge in [-0.2, -0.15) is 0 Å². The van der Waals surface area contributed by atoms with Crippen molar-refractivity contribution in [1.29, 1.82) is 0 Å². The number of aryl methyl sites for hydroxylation is 1. The number of nitrogen functional groups attached to an aromatic ring is 1. The lowest BCUT2D eigenvalue weighted by Crippen LogP contribution is -2.18. The number of nitrogens with zero attached hydrogens (tertiary/aromatic N) is 1. The maximum absolute atomic E-state index is 12.6. The van der Waals surface area contributed by atoms with Gasteiger partial charge in [0, 0.05) is 35.1 Å². The molecular formula is C20H22Cl2N2O4. The number of halogens is 2. The van der Waals surface area contributed by atoms with Crippen molar-refractivity contribution >= 4 is 40.6 Å². The third-order valence-electron chi connectivity index (χ3n) is 4.93. The third kappa shape index (κ3) is 4.35. The van der Waals surface area contributed by atoms with Gasteiger partial charge in [-0.1, -0.05) is 23.2 Å². The molecule has 0 bridgehead atoms. The molecule has 150 valence electrons. The summed E-state index contributed by atoms with van der Waals surface area (Å²) in [6.45, 7) is 4.92. The van der Waals surface area contributed by atoms with E-state index in [9.17, 15) is 9.59 Å². The minimum Gasteiger partial charge on any atom is -0.454 e. The van der Waals surface area contributed by atoms with Crippen molar-refractivity contribution in [3.8, 4) is 0 Å². The summed E-state index contributed by atoms with van der Waals surface area (Å²) >= 11 is 11.8. The Kier molecular flexibility index (Phi) is 6.33. The summed E-state index contributed by atoms with van der Waals surface area (Å²) in [5.74, 6) is -1.03. The smallest absolute Gasteiger partial charge is 0.340 e. The molecule has 2 N–H and O–H groups in total. The predicted octanol–water partition coefficient (Wildman–Crippen LogP) is 4.21. The fourth-order valence-corrected chi connectivity index (χ4v) is 3.89. The number of aromatic nitrogens is 1. The molecule has 2 heterocycles. The van der Waals surface area contributed by atoms with Crippen molar-refractivity contribution in [3.63, 3.8) is 0 Å². The molecule has 3 rings (SSSR count). The molecule has 1 atom stereocenters. The van der Waals surface area contributed by atoms with E-state index in [2.05, 4.69) is 4.57 Å². The Balaban J connectivity index is 1.69. The first-order chi connectivity index (χ1) is 13.3. The number of anilines is 1. The Labute approximate surface area is 173 Å². The molecule has 1 aromatic heterocycles. The molecule has 6 nitrogen and oxygen atoms in total. The highest BCUT2D eigenvalue weighted by molar-refractivity contribution is 6.37. The van der Waals surface area contributed by atoms with Crippen LogP contribution in [0, 0.1) is 13.8 Å². The third-order valence-corrected chi connectivity index (χ3v) is 5.46. The molecule has 2 aromatic rings. The van der Waals surface area contributed by atoms with Crippen LogP contribution in [0.25, 0.3) is 0 Å². The second kappa shape index (κ2) is 8.55. The van der Waals surface area contributed by atoms with Crippen molar-refractivity contribution in [3.05, 3.63) is 50.8 Å². The minimum absolute atomic E-state index is 0.0363. The van der Waals surface area contributed by atoms with Gasteiger partial charge in [0.1, 0.15) is 0 Å². The van der Waals surface area contributed by atoms with Gasteiger partial charge in [0.2, 0.25) is 5.78 Å². The number of ketones is 1. The fraction of sp³-hybridized carbons (Fsp3) is 0.400. The Morgan fingerprint density at radius 1 is 1.25 bits per heavy atom. The molecule has 1 fully saturated rings. The van der Waals surface area contributed by atoms with Crippen LogP contribution < -0.4 is 5.73 Å². The standard InChI is InChI=1S/C20H22Cl2N2O4/c1-11-6-15(12(2)24(11)9-14-4-3-5-27-14)18(25)10-28-20(26)16-7-13(21)8-17(22)19(16)23/h6-8,14H,3-5,9-10,23H2,1-2H3/t14-/m1/s1. The quantitative estimate of drug-likeness (QED) is 0.426. The van der Waals surface area contributed by atoms with Crippen LogP contribution in [-0.4, -0.2) is 35.6 Å². The van der Waals surface area contributed by atoms with E-state index in [-0.39, 0.29) is 33.2 Å². The van der Waals surface area contributed by atoms with Gasteiger partial charge in [0.15, 0.2) is 6.61 Å². The van der Waals surface area contributed by atoms with E-state index in [0.29, 0.717) is 12.1 Å². The Morgan fingerprint density at radius 2 is 2.00 bits per heavy atom. The van der Waals surface area contributed by atoms with Crippen LogP contribution in [0.3, 0.4) is 0 Å². The van der Waals surface area contributed by atoms with Crippen LogP contribution in [0.1, 0.15) is 44.9 Å².